The number of carbonyl (C=O) groups is 1. The smallest absolute Gasteiger partial charge is 0.244 e. The molecule has 20 heavy (non-hydrogen) atoms. The number of primary amides is 1. The highest BCUT2D eigenvalue weighted by Crippen LogP contribution is 2.29. The minimum atomic E-state index is -3.90. The van der Waals surface area contributed by atoms with E-state index in [9.17, 15) is 13.2 Å². The molecule has 0 atom stereocenters. The number of sulfonamides is 1. The van der Waals surface area contributed by atoms with Crippen LogP contribution in [0.2, 0.25) is 5.02 Å². The Hall–Kier alpha value is -1.31. The average Bonchev–Trinajstić information content (AvgIpc) is 2.29. The summed E-state index contributed by atoms with van der Waals surface area (Å²) in [5.74, 6) is -0.727. The molecular weight excluding hydrogens is 302 g/mol. The summed E-state index contributed by atoms with van der Waals surface area (Å²) in [4.78, 5) is 11.1. The normalized spacial score (nSPS) is 12.1. The molecule has 0 fully saturated rings. The van der Waals surface area contributed by atoms with E-state index in [4.69, 9.17) is 23.1 Å². The Morgan fingerprint density at radius 1 is 1.40 bits per heavy atom. The van der Waals surface area contributed by atoms with Crippen LogP contribution in [0.15, 0.2) is 17.0 Å². The SMILES string of the molecule is Cc1c(N)cc(Cl)cc1S(=O)(=O)N(CC(N)=O)C(C)C. The van der Waals surface area contributed by atoms with Gasteiger partial charge in [0.15, 0.2) is 0 Å². The van der Waals surface area contributed by atoms with Crippen LogP contribution in [-0.2, 0) is 14.8 Å². The number of benzene rings is 1. The number of nitrogens with two attached hydrogens (primary N) is 2. The van der Waals surface area contributed by atoms with Gasteiger partial charge < -0.3 is 11.5 Å². The molecule has 0 aliphatic rings. The first-order valence-corrected chi connectivity index (χ1v) is 7.75. The Kier molecular flexibility index (Phi) is 5.01. The number of anilines is 1. The maximum absolute atomic E-state index is 12.6. The molecule has 1 rings (SSSR count). The van der Waals surface area contributed by atoms with Crippen molar-refractivity contribution in [3.05, 3.63) is 22.7 Å². The van der Waals surface area contributed by atoms with Gasteiger partial charge in [-0.15, -0.1) is 0 Å². The fourth-order valence-corrected chi connectivity index (χ4v) is 3.94. The number of nitrogen functional groups attached to an aromatic ring is 1. The summed E-state index contributed by atoms with van der Waals surface area (Å²) in [6.07, 6.45) is 0. The molecule has 0 aliphatic carbocycles. The lowest BCUT2D eigenvalue weighted by atomic mass is 10.2. The summed E-state index contributed by atoms with van der Waals surface area (Å²) in [5, 5.41) is 0.217. The molecule has 4 N–H and O–H groups in total. The van der Waals surface area contributed by atoms with Crippen molar-refractivity contribution < 1.29 is 13.2 Å². The summed E-state index contributed by atoms with van der Waals surface area (Å²) in [6.45, 7) is 4.50. The zero-order chi connectivity index (χ0) is 15.7. The molecule has 1 aromatic rings. The summed E-state index contributed by atoms with van der Waals surface area (Å²) >= 11 is 5.86. The zero-order valence-corrected chi connectivity index (χ0v) is 13.1. The number of rotatable bonds is 5. The summed E-state index contributed by atoms with van der Waals surface area (Å²) in [6, 6.07) is 2.37. The lowest BCUT2D eigenvalue weighted by Gasteiger charge is -2.25. The summed E-state index contributed by atoms with van der Waals surface area (Å²) < 4.78 is 26.3. The molecule has 0 aromatic heterocycles. The van der Waals surface area contributed by atoms with E-state index >= 15 is 0 Å². The third-order valence-corrected chi connectivity index (χ3v) is 5.21. The fourth-order valence-electron chi connectivity index (χ4n) is 1.77. The molecule has 0 radical (unpaired) electrons. The van der Waals surface area contributed by atoms with Crippen LogP contribution in [0.5, 0.6) is 0 Å². The van der Waals surface area contributed by atoms with Crippen LogP contribution in [0, 0.1) is 6.92 Å². The largest absolute Gasteiger partial charge is 0.398 e. The van der Waals surface area contributed by atoms with E-state index in [-0.39, 0.29) is 15.6 Å². The zero-order valence-electron chi connectivity index (χ0n) is 11.6. The van der Waals surface area contributed by atoms with Crippen LogP contribution in [0.25, 0.3) is 0 Å². The second-order valence-electron chi connectivity index (χ2n) is 4.73. The standard InChI is InChI=1S/C12H18ClN3O3S/c1-7(2)16(6-12(15)17)20(18,19)11-5-9(13)4-10(14)8(11)3/h4-5,7H,6,14H2,1-3H3,(H2,15,17). The van der Waals surface area contributed by atoms with Crippen molar-refractivity contribution in [2.75, 3.05) is 12.3 Å². The maximum atomic E-state index is 12.6. The Morgan fingerprint density at radius 3 is 2.40 bits per heavy atom. The number of carbonyl (C=O) groups excluding carboxylic acids is 1. The molecule has 1 aromatic carbocycles. The Balaban J connectivity index is 3.45. The van der Waals surface area contributed by atoms with Gasteiger partial charge in [0.2, 0.25) is 15.9 Å². The number of halogens is 1. The van der Waals surface area contributed by atoms with E-state index in [0.29, 0.717) is 5.56 Å². The van der Waals surface area contributed by atoms with Gasteiger partial charge in [0.05, 0.1) is 11.4 Å². The van der Waals surface area contributed by atoms with Gasteiger partial charge in [-0.1, -0.05) is 11.6 Å². The minimum absolute atomic E-state index is 0.0162. The summed E-state index contributed by atoms with van der Waals surface area (Å²) in [5.41, 5.74) is 11.5. The molecule has 0 saturated heterocycles. The van der Waals surface area contributed by atoms with Crippen molar-refractivity contribution in [2.45, 2.75) is 31.7 Å². The first-order valence-electron chi connectivity index (χ1n) is 5.93. The first kappa shape index (κ1) is 16.7. The molecule has 0 aliphatic heterocycles. The second kappa shape index (κ2) is 5.99. The Morgan fingerprint density at radius 2 is 1.95 bits per heavy atom. The Labute approximate surface area is 123 Å². The maximum Gasteiger partial charge on any atom is 0.244 e. The van der Waals surface area contributed by atoms with Crippen LogP contribution in [-0.4, -0.2) is 31.2 Å². The molecular formula is C12H18ClN3O3S. The van der Waals surface area contributed by atoms with Crippen molar-refractivity contribution in [1.29, 1.82) is 0 Å². The van der Waals surface area contributed by atoms with Gasteiger partial charge in [0.1, 0.15) is 0 Å². The number of hydrogen-bond acceptors (Lipinski definition) is 4. The van der Waals surface area contributed by atoms with E-state index < -0.39 is 28.5 Å². The van der Waals surface area contributed by atoms with Crippen molar-refractivity contribution in [1.82, 2.24) is 4.31 Å². The van der Waals surface area contributed by atoms with Crippen molar-refractivity contribution in [2.24, 2.45) is 5.73 Å². The molecule has 8 heteroatoms. The minimum Gasteiger partial charge on any atom is -0.398 e. The van der Waals surface area contributed by atoms with Gasteiger partial charge in [-0.25, -0.2) is 8.42 Å². The van der Waals surface area contributed by atoms with E-state index in [2.05, 4.69) is 0 Å². The van der Waals surface area contributed by atoms with Crippen molar-refractivity contribution >= 4 is 33.2 Å². The van der Waals surface area contributed by atoms with Crippen LogP contribution in [0.3, 0.4) is 0 Å². The van der Waals surface area contributed by atoms with Crippen molar-refractivity contribution in [3.63, 3.8) is 0 Å². The third-order valence-electron chi connectivity index (χ3n) is 2.84. The van der Waals surface area contributed by atoms with E-state index in [1.807, 2.05) is 0 Å². The van der Waals surface area contributed by atoms with Gasteiger partial charge in [0, 0.05) is 16.8 Å². The topological polar surface area (TPSA) is 106 Å². The highest BCUT2D eigenvalue weighted by molar-refractivity contribution is 7.89. The molecule has 0 bridgehead atoms. The van der Waals surface area contributed by atoms with Crippen LogP contribution in [0.4, 0.5) is 5.69 Å². The highest BCUT2D eigenvalue weighted by Gasteiger charge is 2.30. The molecule has 0 spiro atoms. The fraction of sp³-hybridized carbons (Fsp3) is 0.417. The highest BCUT2D eigenvalue weighted by atomic mass is 35.5. The molecule has 6 nitrogen and oxygen atoms in total. The van der Waals surface area contributed by atoms with Gasteiger partial charge in [-0.2, -0.15) is 4.31 Å². The second-order valence-corrected chi connectivity index (χ2v) is 7.02. The van der Waals surface area contributed by atoms with Crippen molar-refractivity contribution in [3.8, 4) is 0 Å². The van der Waals surface area contributed by atoms with Gasteiger partial charge in [0.25, 0.3) is 0 Å². The quantitative estimate of drug-likeness (QED) is 0.793. The number of hydrogen-bond donors (Lipinski definition) is 2. The molecule has 0 heterocycles. The van der Waals surface area contributed by atoms with Crippen LogP contribution >= 0.6 is 11.6 Å². The molecule has 0 saturated carbocycles. The molecule has 1 amide bonds. The van der Waals surface area contributed by atoms with Gasteiger partial charge >= 0.3 is 0 Å². The predicted molar refractivity (Wildman–Crippen MR) is 78.8 cm³/mol. The van der Waals surface area contributed by atoms with Gasteiger partial charge in [-0.3, -0.25) is 4.79 Å². The number of amides is 1. The lowest BCUT2D eigenvalue weighted by molar-refractivity contribution is -0.118. The van der Waals surface area contributed by atoms with E-state index in [1.54, 1.807) is 20.8 Å². The monoisotopic (exact) mass is 319 g/mol. The van der Waals surface area contributed by atoms with Crippen LogP contribution < -0.4 is 11.5 Å². The Bertz CT molecular complexity index is 629. The first-order chi connectivity index (χ1) is 9.07. The summed E-state index contributed by atoms with van der Waals surface area (Å²) in [7, 11) is -3.90. The lowest BCUT2D eigenvalue weighted by Crippen LogP contribution is -2.42. The van der Waals surface area contributed by atoms with E-state index in [1.165, 1.54) is 12.1 Å². The third kappa shape index (κ3) is 3.41. The van der Waals surface area contributed by atoms with Crippen LogP contribution in [0.1, 0.15) is 19.4 Å². The predicted octanol–water partition coefficient (Wildman–Crippen LogP) is 1.12. The molecule has 112 valence electrons. The number of nitrogens with zero attached hydrogens (tertiary/aromatic N) is 1. The molecule has 0 unspecified atom stereocenters. The van der Waals surface area contributed by atoms with E-state index in [0.717, 1.165) is 4.31 Å². The average molecular weight is 320 g/mol. The van der Waals surface area contributed by atoms with Gasteiger partial charge in [-0.05, 0) is 38.5 Å².